The number of aryl methyl sites for hydroxylation is 1. The molecule has 0 bridgehead atoms. The Labute approximate surface area is 115 Å². The Morgan fingerprint density at radius 1 is 1.32 bits per heavy atom. The van der Waals surface area contributed by atoms with Gasteiger partial charge in [-0.05, 0) is 57.7 Å². The van der Waals surface area contributed by atoms with Crippen LogP contribution in [-0.4, -0.2) is 29.5 Å². The van der Waals surface area contributed by atoms with Gasteiger partial charge in [-0.3, -0.25) is 4.79 Å². The zero-order valence-electron chi connectivity index (χ0n) is 12.1. The minimum absolute atomic E-state index is 0.0983. The van der Waals surface area contributed by atoms with Gasteiger partial charge < -0.3 is 9.64 Å². The highest BCUT2D eigenvalue weighted by atomic mass is 16.5. The van der Waals surface area contributed by atoms with Crippen LogP contribution in [0.5, 0.6) is 5.75 Å². The summed E-state index contributed by atoms with van der Waals surface area (Å²) in [7, 11) is 0. The predicted molar refractivity (Wildman–Crippen MR) is 76.3 cm³/mol. The number of piperidine rings is 1. The summed E-state index contributed by atoms with van der Waals surface area (Å²) in [5.41, 5.74) is 1.14. The Hall–Kier alpha value is -1.51. The van der Waals surface area contributed by atoms with Crippen molar-refractivity contribution in [2.24, 2.45) is 0 Å². The monoisotopic (exact) mass is 261 g/mol. The van der Waals surface area contributed by atoms with E-state index in [1.165, 1.54) is 6.42 Å². The number of benzene rings is 1. The van der Waals surface area contributed by atoms with E-state index in [9.17, 15) is 4.79 Å². The highest BCUT2D eigenvalue weighted by Crippen LogP contribution is 2.22. The molecule has 2 atom stereocenters. The van der Waals surface area contributed by atoms with Gasteiger partial charge in [-0.2, -0.15) is 0 Å². The zero-order chi connectivity index (χ0) is 13.8. The number of amides is 1. The SMILES string of the molecule is Cc1cccc(OCC(=O)N2C(C)CCCC2C)c1. The number of carbonyl (C=O) groups is 1. The maximum atomic E-state index is 12.3. The molecule has 1 aliphatic heterocycles. The van der Waals surface area contributed by atoms with Crippen LogP contribution in [0.1, 0.15) is 38.7 Å². The van der Waals surface area contributed by atoms with Crippen molar-refractivity contribution in [3.05, 3.63) is 29.8 Å². The van der Waals surface area contributed by atoms with E-state index >= 15 is 0 Å². The van der Waals surface area contributed by atoms with Gasteiger partial charge in [0.05, 0.1) is 0 Å². The summed E-state index contributed by atoms with van der Waals surface area (Å²) in [4.78, 5) is 14.3. The predicted octanol–water partition coefficient (Wildman–Crippen LogP) is 3.16. The molecule has 1 saturated heterocycles. The third kappa shape index (κ3) is 3.49. The fourth-order valence-corrected chi connectivity index (χ4v) is 2.84. The average Bonchev–Trinajstić information content (AvgIpc) is 2.36. The van der Waals surface area contributed by atoms with Crippen LogP contribution < -0.4 is 4.74 Å². The number of hydrogen-bond acceptors (Lipinski definition) is 2. The van der Waals surface area contributed by atoms with Crippen molar-refractivity contribution in [3.8, 4) is 5.75 Å². The van der Waals surface area contributed by atoms with Gasteiger partial charge in [-0.25, -0.2) is 0 Å². The second-order valence-electron chi connectivity index (χ2n) is 5.54. The number of rotatable bonds is 3. The molecule has 3 nitrogen and oxygen atoms in total. The summed E-state index contributed by atoms with van der Waals surface area (Å²) < 4.78 is 5.61. The lowest BCUT2D eigenvalue weighted by Crippen LogP contribution is -2.49. The maximum Gasteiger partial charge on any atom is 0.260 e. The number of likely N-dealkylation sites (tertiary alicyclic amines) is 1. The molecule has 1 aromatic carbocycles. The highest BCUT2D eigenvalue weighted by Gasteiger charge is 2.28. The molecule has 0 radical (unpaired) electrons. The van der Waals surface area contributed by atoms with Gasteiger partial charge >= 0.3 is 0 Å². The Morgan fingerprint density at radius 2 is 2.00 bits per heavy atom. The van der Waals surface area contributed by atoms with E-state index in [-0.39, 0.29) is 12.5 Å². The lowest BCUT2D eigenvalue weighted by Gasteiger charge is -2.38. The van der Waals surface area contributed by atoms with E-state index in [1.807, 2.05) is 36.1 Å². The molecule has 1 fully saturated rings. The Morgan fingerprint density at radius 3 is 2.63 bits per heavy atom. The zero-order valence-corrected chi connectivity index (χ0v) is 12.1. The molecule has 0 aliphatic carbocycles. The van der Waals surface area contributed by atoms with E-state index in [1.54, 1.807) is 0 Å². The van der Waals surface area contributed by atoms with Crippen LogP contribution in [0.25, 0.3) is 0 Å². The molecule has 1 amide bonds. The van der Waals surface area contributed by atoms with Gasteiger partial charge in [-0.1, -0.05) is 12.1 Å². The van der Waals surface area contributed by atoms with Crippen molar-refractivity contribution >= 4 is 5.91 Å². The topological polar surface area (TPSA) is 29.5 Å². The van der Waals surface area contributed by atoms with E-state index in [2.05, 4.69) is 13.8 Å². The van der Waals surface area contributed by atoms with Gasteiger partial charge in [0.25, 0.3) is 5.91 Å². The number of ether oxygens (including phenoxy) is 1. The quantitative estimate of drug-likeness (QED) is 0.836. The van der Waals surface area contributed by atoms with Gasteiger partial charge in [0.2, 0.25) is 0 Å². The van der Waals surface area contributed by atoms with Gasteiger partial charge in [0.15, 0.2) is 6.61 Å². The molecule has 19 heavy (non-hydrogen) atoms. The largest absolute Gasteiger partial charge is 0.484 e. The molecule has 1 aromatic rings. The Kier molecular flexibility index (Phi) is 4.46. The Bertz CT molecular complexity index is 434. The summed E-state index contributed by atoms with van der Waals surface area (Å²) in [6.07, 6.45) is 3.41. The minimum Gasteiger partial charge on any atom is -0.484 e. The molecular weight excluding hydrogens is 238 g/mol. The molecule has 2 rings (SSSR count). The van der Waals surface area contributed by atoms with Crippen LogP contribution in [0.2, 0.25) is 0 Å². The first-order valence-electron chi connectivity index (χ1n) is 7.08. The van der Waals surface area contributed by atoms with Crippen LogP contribution in [0.4, 0.5) is 0 Å². The first-order chi connectivity index (χ1) is 9.08. The second-order valence-corrected chi connectivity index (χ2v) is 5.54. The van der Waals surface area contributed by atoms with Gasteiger partial charge in [0.1, 0.15) is 5.75 Å². The van der Waals surface area contributed by atoms with Gasteiger partial charge in [0, 0.05) is 12.1 Å². The summed E-state index contributed by atoms with van der Waals surface area (Å²) >= 11 is 0. The smallest absolute Gasteiger partial charge is 0.260 e. The molecule has 0 saturated carbocycles. The van der Waals surface area contributed by atoms with Crippen LogP contribution in [0.15, 0.2) is 24.3 Å². The summed E-state index contributed by atoms with van der Waals surface area (Å²) in [6.45, 7) is 6.40. The fraction of sp³-hybridized carbons (Fsp3) is 0.562. The molecular formula is C16H23NO2. The van der Waals surface area contributed by atoms with Crippen LogP contribution in [0.3, 0.4) is 0 Å². The van der Waals surface area contributed by atoms with Crippen molar-refractivity contribution in [3.63, 3.8) is 0 Å². The maximum absolute atomic E-state index is 12.3. The van der Waals surface area contributed by atoms with Crippen molar-refractivity contribution in [2.75, 3.05) is 6.61 Å². The van der Waals surface area contributed by atoms with Crippen molar-refractivity contribution in [1.29, 1.82) is 0 Å². The summed E-state index contributed by atoms with van der Waals surface area (Å²) in [5.74, 6) is 0.867. The third-order valence-corrected chi connectivity index (χ3v) is 3.83. The van der Waals surface area contributed by atoms with Crippen molar-refractivity contribution in [2.45, 2.75) is 52.1 Å². The van der Waals surface area contributed by atoms with E-state index < -0.39 is 0 Å². The van der Waals surface area contributed by atoms with Crippen LogP contribution in [0, 0.1) is 6.92 Å². The number of hydrogen-bond donors (Lipinski definition) is 0. The second kappa shape index (κ2) is 6.09. The molecule has 104 valence electrons. The molecule has 0 N–H and O–H groups in total. The third-order valence-electron chi connectivity index (χ3n) is 3.83. The normalized spacial score (nSPS) is 23.2. The van der Waals surface area contributed by atoms with Crippen LogP contribution in [-0.2, 0) is 4.79 Å². The van der Waals surface area contributed by atoms with E-state index in [4.69, 9.17) is 4.74 Å². The first-order valence-corrected chi connectivity index (χ1v) is 7.08. The molecule has 2 unspecified atom stereocenters. The fourth-order valence-electron chi connectivity index (χ4n) is 2.84. The number of carbonyl (C=O) groups excluding carboxylic acids is 1. The highest BCUT2D eigenvalue weighted by molar-refractivity contribution is 5.78. The van der Waals surface area contributed by atoms with E-state index in [0.29, 0.717) is 12.1 Å². The standard InChI is InChI=1S/C16H23NO2/c1-12-6-4-9-15(10-12)19-11-16(18)17-13(2)7-5-8-14(17)3/h4,6,9-10,13-14H,5,7-8,11H2,1-3H3. The van der Waals surface area contributed by atoms with Crippen molar-refractivity contribution < 1.29 is 9.53 Å². The molecule has 1 heterocycles. The lowest BCUT2D eigenvalue weighted by atomic mass is 9.97. The summed E-state index contributed by atoms with van der Waals surface area (Å²) in [5, 5.41) is 0. The minimum atomic E-state index is 0.0983. The van der Waals surface area contributed by atoms with Gasteiger partial charge in [-0.15, -0.1) is 0 Å². The molecule has 0 spiro atoms. The number of nitrogens with zero attached hydrogens (tertiary/aromatic N) is 1. The molecule has 3 heteroatoms. The molecule has 1 aliphatic rings. The summed E-state index contributed by atoms with van der Waals surface area (Å²) in [6, 6.07) is 8.47. The molecule has 0 aromatic heterocycles. The van der Waals surface area contributed by atoms with E-state index in [0.717, 1.165) is 24.2 Å². The average molecular weight is 261 g/mol. The van der Waals surface area contributed by atoms with Crippen molar-refractivity contribution in [1.82, 2.24) is 4.90 Å². The lowest BCUT2D eigenvalue weighted by molar-refractivity contribution is -0.139. The Balaban J connectivity index is 1.93. The first kappa shape index (κ1) is 13.9. The van der Waals surface area contributed by atoms with Crippen LogP contribution >= 0.6 is 0 Å².